The fourth-order valence-electron chi connectivity index (χ4n) is 1.91. The highest BCUT2D eigenvalue weighted by molar-refractivity contribution is 7.11. The molecule has 0 atom stereocenters. The number of rotatable bonds is 4. The molecule has 0 spiro atoms. The van der Waals surface area contributed by atoms with Gasteiger partial charge in [-0.2, -0.15) is 0 Å². The van der Waals surface area contributed by atoms with E-state index in [0.29, 0.717) is 16.4 Å². The number of hydrogen-bond acceptors (Lipinski definition) is 4. The van der Waals surface area contributed by atoms with Gasteiger partial charge in [-0.05, 0) is 41.8 Å². The van der Waals surface area contributed by atoms with Crippen molar-refractivity contribution in [1.29, 1.82) is 0 Å². The molecular weight excluding hydrogens is 286 g/mol. The molecule has 3 aromatic heterocycles. The summed E-state index contributed by atoms with van der Waals surface area (Å²) in [5.74, 6) is 0.182. The molecule has 0 aliphatic rings. The predicted molar refractivity (Wildman–Crippen MR) is 81.8 cm³/mol. The Hall–Kier alpha value is -2.66. The molecule has 0 aliphatic carbocycles. The molecule has 0 saturated carbocycles. The number of aliphatic carboxylic acids is 1. The molecule has 3 heterocycles. The number of pyridine rings is 1. The van der Waals surface area contributed by atoms with Crippen LogP contribution in [0.2, 0.25) is 0 Å². The number of nitrogens with zero attached hydrogens (tertiary/aromatic N) is 1. The van der Waals surface area contributed by atoms with Crippen molar-refractivity contribution in [1.82, 2.24) is 4.98 Å². The zero-order chi connectivity index (χ0) is 14.7. The minimum atomic E-state index is -0.975. The largest absolute Gasteiger partial charge is 0.478 e. The van der Waals surface area contributed by atoms with Gasteiger partial charge in [0.25, 0.3) is 0 Å². The summed E-state index contributed by atoms with van der Waals surface area (Å²) in [7, 11) is 0. The Labute approximate surface area is 125 Å². The molecule has 0 aliphatic heterocycles. The monoisotopic (exact) mass is 297 g/mol. The molecule has 4 nitrogen and oxygen atoms in total. The lowest BCUT2D eigenvalue weighted by atomic mass is 10.2. The van der Waals surface area contributed by atoms with Crippen molar-refractivity contribution in [2.75, 3.05) is 0 Å². The Kier molecular flexibility index (Phi) is 3.66. The fourth-order valence-corrected chi connectivity index (χ4v) is 2.64. The Morgan fingerprint density at radius 2 is 2.14 bits per heavy atom. The summed E-state index contributed by atoms with van der Waals surface area (Å²) in [6, 6.07) is 10.9. The highest BCUT2D eigenvalue weighted by atomic mass is 32.1. The van der Waals surface area contributed by atoms with Crippen LogP contribution in [0.15, 0.2) is 58.6 Å². The SMILES string of the molecule is O=C(O)/C(=C\c1ccc(-c2cccnc2)o1)c1cccs1. The van der Waals surface area contributed by atoms with Crippen molar-refractivity contribution in [3.05, 3.63) is 64.8 Å². The van der Waals surface area contributed by atoms with Gasteiger partial charge in [0.1, 0.15) is 11.5 Å². The van der Waals surface area contributed by atoms with Crippen LogP contribution in [0.3, 0.4) is 0 Å². The van der Waals surface area contributed by atoms with Gasteiger partial charge < -0.3 is 9.52 Å². The number of furan rings is 1. The van der Waals surface area contributed by atoms with E-state index in [1.807, 2.05) is 23.6 Å². The standard InChI is InChI=1S/C16H11NO3S/c18-16(19)13(15-4-2-8-21-15)9-12-5-6-14(20-12)11-3-1-7-17-10-11/h1-10H,(H,18,19)/b13-9-. The molecule has 0 amide bonds. The maximum atomic E-state index is 11.4. The van der Waals surface area contributed by atoms with Crippen LogP contribution in [0.5, 0.6) is 0 Å². The molecule has 0 aromatic carbocycles. The lowest BCUT2D eigenvalue weighted by molar-refractivity contribution is -0.130. The molecule has 104 valence electrons. The Bertz CT molecular complexity index is 773. The summed E-state index contributed by atoms with van der Waals surface area (Å²) < 4.78 is 5.67. The number of thiophene rings is 1. The van der Waals surface area contributed by atoms with Gasteiger partial charge in [0, 0.05) is 22.8 Å². The number of carboxylic acid groups (broad SMARTS) is 1. The van der Waals surface area contributed by atoms with E-state index in [1.54, 1.807) is 30.6 Å². The summed E-state index contributed by atoms with van der Waals surface area (Å²) in [6.07, 6.45) is 4.92. The number of carbonyl (C=O) groups is 1. The quantitative estimate of drug-likeness (QED) is 0.738. The third-order valence-corrected chi connectivity index (χ3v) is 3.78. The Morgan fingerprint density at radius 3 is 2.81 bits per heavy atom. The van der Waals surface area contributed by atoms with Crippen LogP contribution in [0.4, 0.5) is 0 Å². The van der Waals surface area contributed by atoms with Gasteiger partial charge in [-0.1, -0.05) is 6.07 Å². The molecule has 0 saturated heterocycles. The first-order valence-corrected chi connectivity index (χ1v) is 7.11. The van der Waals surface area contributed by atoms with Gasteiger partial charge in [-0.3, -0.25) is 4.98 Å². The molecule has 3 rings (SSSR count). The van der Waals surface area contributed by atoms with Gasteiger partial charge in [0.2, 0.25) is 0 Å². The minimum absolute atomic E-state index is 0.220. The second kappa shape index (κ2) is 5.76. The van der Waals surface area contributed by atoms with E-state index >= 15 is 0 Å². The van der Waals surface area contributed by atoms with Gasteiger partial charge >= 0.3 is 5.97 Å². The van der Waals surface area contributed by atoms with E-state index in [2.05, 4.69) is 4.98 Å². The van der Waals surface area contributed by atoms with Crippen molar-refractivity contribution in [3.8, 4) is 11.3 Å². The van der Waals surface area contributed by atoms with Crippen molar-refractivity contribution >= 4 is 29.0 Å². The Balaban J connectivity index is 1.96. The van der Waals surface area contributed by atoms with E-state index in [-0.39, 0.29) is 5.57 Å². The molecule has 1 N–H and O–H groups in total. The maximum absolute atomic E-state index is 11.4. The summed E-state index contributed by atoms with van der Waals surface area (Å²) in [4.78, 5) is 16.1. The molecule has 3 aromatic rings. The van der Waals surface area contributed by atoms with Crippen molar-refractivity contribution in [2.45, 2.75) is 0 Å². The van der Waals surface area contributed by atoms with E-state index in [1.165, 1.54) is 17.4 Å². The molecule has 0 unspecified atom stereocenters. The van der Waals surface area contributed by atoms with Gasteiger partial charge in [-0.15, -0.1) is 11.3 Å². The van der Waals surface area contributed by atoms with Gasteiger partial charge in [0.05, 0.1) is 5.57 Å². The molecule has 21 heavy (non-hydrogen) atoms. The number of hydrogen-bond donors (Lipinski definition) is 1. The minimum Gasteiger partial charge on any atom is -0.478 e. The first-order valence-electron chi connectivity index (χ1n) is 6.23. The Morgan fingerprint density at radius 1 is 1.24 bits per heavy atom. The van der Waals surface area contributed by atoms with Crippen LogP contribution in [-0.2, 0) is 4.79 Å². The fraction of sp³-hybridized carbons (Fsp3) is 0. The van der Waals surface area contributed by atoms with Crippen LogP contribution in [0.1, 0.15) is 10.6 Å². The summed E-state index contributed by atoms with van der Waals surface area (Å²) in [6.45, 7) is 0. The van der Waals surface area contributed by atoms with Crippen LogP contribution in [0, 0.1) is 0 Å². The van der Waals surface area contributed by atoms with Crippen LogP contribution >= 0.6 is 11.3 Å². The normalized spacial score (nSPS) is 11.5. The van der Waals surface area contributed by atoms with E-state index < -0.39 is 5.97 Å². The molecule has 0 bridgehead atoms. The number of carboxylic acids is 1. The van der Waals surface area contributed by atoms with E-state index in [9.17, 15) is 9.90 Å². The van der Waals surface area contributed by atoms with Crippen molar-refractivity contribution < 1.29 is 14.3 Å². The smallest absolute Gasteiger partial charge is 0.337 e. The maximum Gasteiger partial charge on any atom is 0.337 e. The first kappa shape index (κ1) is 13.3. The predicted octanol–water partition coefficient (Wildman–Crippen LogP) is 4.03. The van der Waals surface area contributed by atoms with E-state index in [0.717, 1.165) is 5.56 Å². The summed E-state index contributed by atoms with van der Waals surface area (Å²) in [5.41, 5.74) is 1.07. The summed E-state index contributed by atoms with van der Waals surface area (Å²) in [5, 5.41) is 11.2. The molecule has 0 radical (unpaired) electrons. The molecular formula is C16H11NO3S. The van der Waals surface area contributed by atoms with Gasteiger partial charge in [0.15, 0.2) is 0 Å². The van der Waals surface area contributed by atoms with Crippen LogP contribution < -0.4 is 0 Å². The third kappa shape index (κ3) is 2.93. The second-order valence-corrected chi connectivity index (χ2v) is 5.23. The van der Waals surface area contributed by atoms with Crippen molar-refractivity contribution in [2.24, 2.45) is 0 Å². The van der Waals surface area contributed by atoms with Crippen LogP contribution in [0.25, 0.3) is 23.0 Å². The molecule has 0 fully saturated rings. The topological polar surface area (TPSA) is 63.3 Å². The summed E-state index contributed by atoms with van der Waals surface area (Å²) >= 11 is 1.38. The van der Waals surface area contributed by atoms with Crippen LogP contribution in [-0.4, -0.2) is 16.1 Å². The first-order chi connectivity index (χ1) is 10.2. The number of aromatic nitrogens is 1. The van der Waals surface area contributed by atoms with E-state index in [4.69, 9.17) is 4.42 Å². The highest BCUT2D eigenvalue weighted by Gasteiger charge is 2.13. The highest BCUT2D eigenvalue weighted by Crippen LogP contribution is 2.26. The van der Waals surface area contributed by atoms with Crippen molar-refractivity contribution in [3.63, 3.8) is 0 Å². The average molecular weight is 297 g/mol. The third-order valence-electron chi connectivity index (χ3n) is 2.88. The lowest BCUT2D eigenvalue weighted by Gasteiger charge is -1.98. The zero-order valence-electron chi connectivity index (χ0n) is 10.9. The van der Waals surface area contributed by atoms with Gasteiger partial charge in [-0.25, -0.2) is 4.79 Å². The zero-order valence-corrected chi connectivity index (χ0v) is 11.7. The molecule has 5 heteroatoms. The average Bonchev–Trinajstić information content (AvgIpc) is 3.17. The second-order valence-electron chi connectivity index (χ2n) is 4.28. The lowest BCUT2D eigenvalue weighted by Crippen LogP contribution is -1.97.